The van der Waals surface area contributed by atoms with Gasteiger partial charge >= 0.3 is 6.03 Å². The molecule has 0 atom stereocenters. The Balaban J connectivity index is 2.72. The first kappa shape index (κ1) is 15.0. The second-order valence-electron chi connectivity index (χ2n) is 4.10. The molecule has 0 aliphatic rings. The second kappa shape index (κ2) is 7.38. The van der Waals surface area contributed by atoms with Gasteiger partial charge in [-0.25, -0.2) is 4.79 Å². The Morgan fingerprint density at radius 1 is 1.44 bits per heavy atom. The molecule has 4 nitrogen and oxygen atoms in total. The van der Waals surface area contributed by atoms with E-state index < -0.39 is 0 Å². The number of anilines is 1. The molecule has 5 heteroatoms. The smallest absolute Gasteiger partial charge is 0.321 e. The summed E-state index contributed by atoms with van der Waals surface area (Å²) < 4.78 is 0.985. The van der Waals surface area contributed by atoms with Crippen molar-refractivity contribution in [1.82, 2.24) is 4.90 Å². The van der Waals surface area contributed by atoms with Gasteiger partial charge in [-0.2, -0.15) is 0 Å². The molecule has 0 heterocycles. The normalized spacial score (nSPS) is 10.2. The number of halogens is 1. The van der Waals surface area contributed by atoms with Gasteiger partial charge in [-0.1, -0.05) is 22.9 Å². The number of urea groups is 1. The molecule has 0 fully saturated rings. The molecule has 2 N–H and O–H groups in total. The Labute approximate surface area is 116 Å². The predicted molar refractivity (Wildman–Crippen MR) is 76.8 cm³/mol. The first-order valence-electron chi connectivity index (χ1n) is 6.01. The molecule has 0 aliphatic heterocycles. The molecule has 18 heavy (non-hydrogen) atoms. The van der Waals surface area contributed by atoms with Crippen LogP contribution in [0.1, 0.15) is 18.9 Å². The van der Waals surface area contributed by atoms with Gasteiger partial charge in [0.15, 0.2) is 0 Å². The summed E-state index contributed by atoms with van der Waals surface area (Å²) in [7, 11) is 0. The molecule has 0 bridgehead atoms. The van der Waals surface area contributed by atoms with Gasteiger partial charge in [-0.15, -0.1) is 0 Å². The van der Waals surface area contributed by atoms with Gasteiger partial charge in [0.05, 0.1) is 6.61 Å². The lowest BCUT2D eigenvalue weighted by molar-refractivity contribution is 0.188. The zero-order chi connectivity index (χ0) is 13.5. The van der Waals surface area contributed by atoms with Crippen molar-refractivity contribution in [1.29, 1.82) is 0 Å². The third-order valence-corrected chi connectivity index (χ3v) is 3.07. The number of nitrogens with one attached hydrogen (secondary N) is 1. The standard InChI is InChI=1S/C13H19BrN2O2/c1-3-6-16(7-8-17)13(18)15-12-5-4-11(14)9-10(12)2/h4-5,9,17H,3,6-8H2,1-2H3,(H,15,18). The van der Waals surface area contributed by atoms with E-state index in [0.29, 0.717) is 13.1 Å². The molecule has 0 unspecified atom stereocenters. The monoisotopic (exact) mass is 314 g/mol. The van der Waals surface area contributed by atoms with E-state index in [0.717, 1.165) is 22.1 Å². The van der Waals surface area contributed by atoms with Crippen LogP contribution in [0.3, 0.4) is 0 Å². The highest BCUT2D eigenvalue weighted by atomic mass is 79.9. The third-order valence-electron chi connectivity index (χ3n) is 2.58. The summed E-state index contributed by atoms with van der Waals surface area (Å²) in [5.41, 5.74) is 1.79. The van der Waals surface area contributed by atoms with Crippen LogP contribution in [0.2, 0.25) is 0 Å². The minimum atomic E-state index is -0.170. The maximum absolute atomic E-state index is 12.0. The number of aryl methyl sites for hydroxylation is 1. The quantitative estimate of drug-likeness (QED) is 0.877. The zero-order valence-corrected chi connectivity index (χ0v) is 12.3. The van der Waals surface area contributed by atoms with Crippen LogP contribution in [0.5, 0.6) is 0 Å². The molecule has 0 saturated heterocycles. The summed E-state index contributed by atoms with van der Waals surface area (Å²) in [6.45, 7) is 4.92. The van der Waals surface area contributed by atoms with Gasteiger partial charge in [-0.3, -0.25) is 0 Å². The summed E-state index contributed by atoms with van der Waals surface area (Å²) in [6.07, 6.45) is 0.868. The van der Waals surface area contributed by atoms with E-state index in [9.17, 15) is 4.79 Å². The van der Waals surface area contributed by atoms with Crippen molar-refractivity contribution in [2.45, 2.75) is 20.3 Å². The Morgan fingerprint density at radius 3 is 2.72 bits per heavy atom. The molecule has 100 valence electrons. The van der Waals surface area contributed by atoms with Gasteiger partial charge in [0, 0.05) is 23.2 Å². The largest absolute Gasteiger partial charge is 0.395 e. The van der Waals surface area contributed by atoms with Gasteiger partial charge in [0.2, 0.25) is 0 Å². The highest BCUT2D eigenvalue weighted by Crippen LogP contribution is 2.20. The highest BCUT2D eigenvalue weighted by Gasteiger charge is 2.12. The number of hydrogen-bond acceptors (Lipinski definition) is 2. The van der Waals surface area contributed by atoms with Crippen molar-refractivity contribution in [2.24, 2.45) is 0 Å². The summed E-state index contributed by atoms with van der Waals surface area (Å²) in [4.78, 5) is 13.6. The Kier molecular flexibility index (Phi) is 6.15. The number of carbonyl (C=O) groups is 1. The average molecular weight is 315 g/mol. The van der Waals surface area contributed by atoms with Crippen molar-refractivity contribution in [2.75, 3.05) is 25.0 Å². The van der Waals surface area contributed by atoms with E-state index in [1.54, 1.807) is 4.90 Å². The van der Waals surface area contributed by atoms with Gasteiger partial charge in [0.1, 0.15) is 0 Å². The van der Waals surface area contributed by atoms with Crippen LogP contribution in [-0.2, 0) is 0 Å². The molecule has 2 amide bonds. The highest BCUT2D eigenvalue weighted by molar-refractivity contribution is 9.10. The molecule has 0 saturated carbocycles. The lowest BCUT2D eigenvalue weighted by Crippen LogP contribution is -2.37. The fourth-order valence-corrected chi connectivity index (χ4v) is 2.14. The molecule has 0 radical (unpaired) electrons. The number of amides is 2. The molecular formula is C13H19BrN2O2. The van der Waals surface area contributed by atoms with Crippen LogP contribution in [0, 0.1) is 6.92 Å². The van der Waals surface area contributed by atoms with E-state index >= 15 is 0 Å². The van der Waals surface area contributed by atoms with Crippen LogP contribution in [0.25, 0.3) is 0 Å². The molecular weight excluding hydrogens is 296 g/mol. The lowest BCUT2D eigenvalue weighted by Gasteiger charge is -2.22. The minimum Gasteiger partial charge on any atom is -0.395 e. The van der Waals surface area contributed by atoms with Gasteiger partial charge < -0.3 is 15.3 Å². The minimum absolute atomic E-state index is 0.0211. The number of aliphatic hydroxyl groups is 1. The molecule has 1 aromatic carbocycles. The predicted octanol–water partition coefficient (Wildman–Crippen LogP) is 2.99. The second-order valence-corrected chi connectivity index (χ2v) is 5.02. The number of rotatable bonds is 5. The van der Waals surface area contributed by atoms with Crippen LogP contribution in [-0.4, -0.2) is 35.7 Å². The van der Waals surface area contributed by atoms with Crippen LogP contribution >= 0.6 is 15.9 Å². The van der Waals surface area contributed by atoms with E-state index in [-0.39, 0.29) is 12.6 Å². The lowest BCUT2D eigenvalue weighted by atomic mass is 10.2. The SMILES string of the molecule is CCCN(CCO)C(=O)Nc1ccc(Br)cc1C. The maximum atomic E-state index is 12.0. The summed E-state index contributed by atoms with van der Waals surface area (Å²) in [5.74, 6) is 0. The first-order valence-corrected chi connectivity index (χ1v) is 6.80. The van der Waals surface area contributed by atoms with Gasteiger partial charge in [-0.05, 0) is 37.1 Å². The Morgan fingerprint density at radius 2 is 2.17 bits per heavy atom. The summed E-state index contributed by atoms with van der Waals surface area (Å²) >= 11 is 3.38. The van der Waals surface area contributed by atoms with Crippen molar-refractivity contribution in [3.05, 3.63) is 28.2 Å². The maximum Gasteiger partial charge on any atom is 0.321 e. The Bertz CT molecular complexity index is 404. The van der Waals surface area contributed by atoms with Crippen molar-refractivity contribution in [3.63, 3.8) is 0 Å². The number of aliphatic hydroxyl groups excluding tert-OH is 1. The number of carbonyl (C=O) groups excluding carboxylic acids is 1. The molecule has 0 spiro atoms. The van der Waals surface area contributed by atoms with Crippen molar-refractivity contribution < 1.29 is 9.90 Å². The van der Waals surface area contributed by atoms with Crippen molar-refractivity contribution in [3.8, 4) is 0 Å². The molecule has 0 aromatic heterocycles. The fraction of sp³-hybridized carbons (Fsp3) is 0.462. The number of nitrogens with zero attached hydrogens (tertiary/aromatic N) is 1. The topological polar surface area (TPSA) is 52.6 Å². The van der Waals surface area contributed by atoms with E-state index in [2.05, 4.69) is 21.2 Å². The summed E-state index contributed by atoms with van der Waals surface area (Å²) in [6, 6.07) is 5.53. The fourth-order valence-electron chi connectivity index (χ4n) is 1.67. The van der Waals surface area contributed by atoms with Crippen LogP contribution in [0.15, 0.2) is 22.7 Å². The third kappa shape index (κ3) is 4.31. The average Bonchev–Trinajstić information content (AvgIpc) is 2.32. The molecule has 1 aromatic rings. The first-order chi connectivity index (χ1) is 8.58. The van der Waals surface area contributed by atoms with E-state index in [4.69, 9.17) is 5.11 Å². The van der Waals surface area contributed by atoms with E-state index in [1.165, 1.54) is 0 Å². The molecule has 1 rings (SSSR count). The number of benzene rings is 1. The summed E-state index contributed by atoms with van der Waals surface area (Å²) in [5, 5.41) is 11.8. The number of hydrogen-bond donors (Lipinski definition) is 2. The van der Waals surface area contributed by atoms with Crippen LogP contribution in [0.4, 0.5) is 10.5 Å². The van der Waals surface area contributed by atoms with Gasteiger partial charge in [0.25, 0.3) is 0 Å². The molecule has 0 aliphatic carbocycles. The van der Waals surface area contributed by atoms with Crippen LogP contribution < -0.4 is 5.32 Å². The zero-order valence-electron chi connectivity index (χ0n) is 10.7. The Hall–Kier alpha value is -1.07. The van der Waals surface area contributed by atoms with Crippen molar-refractivity contribution >= 4 is 27.6 Å². The van der Waals surface area contributed by atoms with E-state index in [1.807, 2.05) is 32.0 Å².